The van der Waals surface area contributed by atoms with Crippen molar-refractivity contribution in [2.24, 2.45) is 11.7 Å². The van der Waals surface area contributed by atoms with Crippen LogP contribution in [0.15, 0.2) is 18.2 Å². The first-order chi connectivity index (χ1) is 7.72. The van der Waals surface area contributed by atoms with Gasteiger partial charge < -0.3 is 15.8 Å². The summed E-state index contributed by atoms with van der Waals surface area (Å²) in [6.07, 6.45) is 1.11. The molecule has 3 N–H and O–H groups in total. The second-order valence-corrected chi connectivity index (χ2v) is 4.60. The third-order valence-electron chi connectivity index (χ3n) is 3.16. The molecule has 88 valence electrons. The number of halogens is 1. The Morgan fingerprint density at radius 1 is 1.56 bits per heavy atom. The van der Waals surface area contributed by atoms with Gasteiger partial charge >= 0.3 is 0 Å². The smallest absolute Gasteiger partial charge is 0.123 e. The third-order valence-corrected chi connectivity index (χ3v) is 3.39. The number of hydrogen-bond acceptors (Lipinski definition) is 3. The number of ether oxygens (including phenoxy) is 1. The second kappa shape index (κ2) is 5.04. The third kappa shape index (κ3) is 2.32. The van der Waals surface area contributed by atoms with E-state index in [1.807, 2.05) is 18.2 Å². The van der Waals surface area contributed by atoms with Gasteiger partial charge in [-0.05, 0) is 43.6 Å². The number of hydrogen-bond donors (Lipinski definition) is 2. The van der Waals surface area contributed by atoms with Crippen LogP contribution in [0.2, 0.25) is 5.02 Å². The molecule has 1 fully saturated rings. The van der Waals surface area contributed by atoms with Gasteiger partial charge in [-0.15, -0.1) is 0 Å². The molecule has 3 nitrogen and oxygen atoms in total. The highest BCUT2D eigenvalue weighted by Gasteiger charge is 2.25. The van der Waals surface area contributed by atoms with Crippen molar-refractivity contribution in [2.45, 2.75) is 12.5 Å². The number of benzene rings is 1. The summed E-state index contributed by atoms with van der Waals surface area (Å²) >= 11 is 6.00. The fraction of sp³-hybridized carbons (Fsp3) is 0.500. The largest absolute Gasteiger partial charge is 0.496 e. The SMILES string of the molecule is COc1ccc(Cl)cc1C(N)C1CCNC1. The zero-order valence-electron chi connectivity index (χ0n) is 9.37. The summed E-state index contributed by atoms with van der Waals surface area (Å²) < 4.78 is 5.32. The molecule has 0 aliphatic carbocycles. The van der Waals surface area contributed by atoms with Gasteiger partial charge in [-0.25, -0.2) is 0 Å². The Balaban J connectivity index is 2.26. The van der Waals surface area contributed by atoms with E-state index in [0.29, 0.717) is 10.9 Å². The lowest BCUT2D eigenvalue weighted by Gasteiger charge is -2.21. The highest BCUT2D eigenvalue weighted by atomic mass is 35.5. The number of rotatable bonds is 3. The van der Waals surface area contributed by atoms with Crippen molar-refractivity contribution in [3.8, 4) is 5.75 Å². The van der Waals surface area contributed by atoms with Crippen molar-refractivity contribution in [1.29, 1.82) is 0 Å². The van der Waals surface area contributed by atoms with E-state index < -0.39 is 0 Å². The van der Waals surface area contributed by atoms with E-state index in [2.05, 4.69) is 5.32 Å². The van der Waals surface area contributed by atoms with Crippen LogP contribution >= 0.6 is 11.6 Å². The second-order valence-electron chi connectivity index (χ2n) is 4.16. The first-order valence-corrected chi connectivity index (χ1v) is 5.90. The van der Waals surface area contributed by atoms with Crippen LogP contribution in [-0.2, 0) is 0 Å². The van der Waals surface area contributed by atoms with Gasteiger partial charge in [0.05, 0.1) is 7.11 Å². The Morgan fingerprint density at radius 2 is 2.38 bits per heavy atom. The summed E-state index contributed by atoms with van der Waals surface area (Å²) in [5, 5.41) is 4.03. The summed E-state index contributed by atoms with van der Waals surface area (Å²) in [6, 6.07) is 5.59. The Bertz CT molecular complexity index is 364. The van der Waals surface area contributed by atoms with E-state index in [1.54, 1.807) is 7.11 Å². The molecular weight excluding hydrogens is 224 g/mol. The van der Waals surface area contributed by atoms with Gasteiger partial charge in [0.1, 0.15) is 5.75 Å². The first-order valence-electron chi connectivity index (χ1n) is 5.52. The summed E-state index contributed by atoms with van der Waals surface area (Å²) in [5.41, 5.74) is 7.27. The molecular formula is C12H17ClN2O. The molecule has 0 bridgehead atoms. The minimum absolute atomic E-state index is 0.0105. The molecule has 1 aromatic carbocycles. The molecule has 1 aromatic rings. The minimum Gasteiger partial charge on any atom is -0.496 e. The van der Waals surface area contributed by atoms with Crippen LogP contribution in [0.3, 0.4) is 0 Å². The van der Waals surface area contributed by atoms with Gasteiger partial charge in [-0.2, -0.15) is 0 Å². The zero-order valence-corrected chi connectivity index (χ0v) is 10.1. The molecule has 0 radical (unpaired) electrons. The Morgan fingerprint density at radius 3 is 3.00 bits per heavy atom. The molecule has 2 rings (SSSR count). The maximum atomic E-state index is 6.27. The fourth-order valence-electron chi connectivity index (χ4n) is 2.20. The maximum Gasteiger partial charge on any atom is 0.123 e. The predicted octanol–water partition coefficient (Wildman–Crippen LogP) is 1.96. The summed E-state index contributed by atoms with van der Waals surface area (Å²) in [7, 11) is 1.66. The maximum absolute atomic E-state index is 6.27. The molecule has 0 saturated carbocycles. The van der Waals surface area contributed by atoms with Gasteiger partial charge in [0.25, 0.3) is 0 Å². The molecule has 2 unspecified atom stereocenters. The van der Waals surface area contributed by atoms with Crippen molar-refractivity contribution in [2.75, 3.05) is 20.2 Å². The Labute approximate surface area is 101 Å². The van der Waals surface area contributed by atoms with E-state index in [9.17, 15) is 0 Å². The molecule has 4 heteroatoms. The van der Waals surface area contributed by atoms with Gasteiger partial charge in [-0.1, -0.05) is 11.6 Å². The van der Waals surface area contributed by atoms with E-state index in [-0.39, 0.29) is 6.04 Å². The zero-order chi connectivity index (χ0) is 11.5. The lowest BCUT2D eigenvalue weighted by atomic mass is 9.92. The topological polar surface area (TPSA) is 47.3 Å². The van der Waals surface area contributed by atoms with Crippen molar-refractivity contribution in [3.05, 3.63) is 28.8 Å². The van der Waals surface area contributed by atoms with Crippen LogP contribution in [0.4, 0.5) is 0 Å². The van der Waals surface area contributed by atoms with E-state index in [4.69, 9.17) is 22.1 Å². The molecule has 16 heavy (non-hydrogen) atoms. The van der Waals surface area contributed by atoms with Crippen LogP contribution in [0.1, 0.15) is 18.0 Å². The van der Waals surface area contributed by atoms with Gasteiger partial charge in [0.2, 0.25) is 0 Å². The molecule has 1 saturated heterocycles. The van der Waals surface area contributed by atoms with Gasteiger partial charge in [0, 0.05) is 16.6 Å². The van der Waals surface area contributed by atoms with Crippen LogP contribution in [0, 0.1) is 5.92 Å². The molecule has 1 aliphatic rings. The van der Waals surface area contributed by atoms with E-state index in [0.717, 1.165) is 30.8 Å². The van der Waals surface area contributed by atoms with Crippen LogP contribution < -0.4 is 15.8 Å². The fourth-order valence-corrected chi connectivity index (χ4v) is 2.38. The quantitative estimate of drug-likeness (QED) is 0.849. The average molecular weight is 241 g/mol. The molecule has 1 aliphatic heterocycles. The molecule has 0 spiro atoms. The van der Waals surface area contributed by atoms with Crippen molar-refractivity contribution < 1.29 is 4.74 Å². The van der Waals surface area contributed by atoms with Gasteiger partial charge in [-0.3, -0.25) is 0 Å². The summed E-state index contributed by atoms with van der Waals surface area (Å²) in [5.74, 6) is 1.29. The van der Waals surface area contributed by atoms with Crippen LogP contribution in [-0.4, -0.2) is 20.2 Å². The number of methoxy groups -OCH3 is 1. The van der Waals surface area contributed by atoms with Crippen LogP contribution in [0.25, 0.3) is 0 Å². The van der Waals surface area contributed by atoms with E-state index in [1.165, 1.54) is 0 Å². The lowest BCUT2D eigenvalue weighted by Crippen LogP contribution is -2.23. The monoisotopic (exact) mass is 240 g/mol. The van der Waals surface area contributed by atoms with Crippen molar-refractivity contribution in [3.63, 3.8) is 0 Å². The van der Waals surface area contributed by atoms with Crippen LogP contribution in [0.5, 0.6) is 5.75 Å². The molecule has 0 amide bonds. The van der Waals surface area contributed by atoms with E-state index >= 15 is 0 Å². The summed E-state index contributed by atoms with van der Waals surface area (Å²) in [4.78, 5) is 0. The molecule has 2 atom stereocenters. The number of nitrogens with one attached hydrogen (secondary N) is 1. The van der Waals surface area contributed by atoms with Crippen molar-refractivity contribution >= 4 is 11.6 Å². The molecule has 1 heterocycles. The highest BCUT2D eigenvalue weighted by Crippen LogP contribution is 2.32. The number of nitrogens with two attached hydrogens (primary N) is 1. The lowest BCUT2D eigenvalue weighted by molar-refractivity contribution is 0.391. The predicted molar refractivity (Wildman–Crippen MR) is 65.9 cm³/mol. The molecule has 0 aromatic heterocycles. The normalized spacial score (nSPS) is 22.1. The highest BCUT2D eigenvalue weighted by molar-refractivity contribution is 6.30. The first kappa shape index (κ1) is 11.7. The van der Waals surface area contributed by atoms with Crippen molar-refractivity contribution in [1.82, 2.24) is 5.32 Å². The minimum atomic E-state index is -0.0105. The standard InChI is InChI=1S/C12H17ClN2O/c1-16-11-3-2-9(13)6-10(11)12(14)8-4-5-15-7-8/h2-3,6,8,12,15H,4-5,7,14H2,1H3. The summed E-state index contributed by atoms with van der Waals surface area (Å²) in [6.45, 7) is 2.01. The van der Waals surface area contributed by atoms with Gasteiger partial charge in [0.15, 0.2) is 0 Å². The Kier molecular flexibility index (Phi) is 3.69. The Hall–Kier alpha value is -0.770. The average Bonchev–Trinajstić information content (AvgIpc) is 2.81.